The largest absolute Gasteiger partial charge is 0.481 e. The molecule has 0 spiro atoms. The molecule has 16 heavy (non-hydrogen) atoms. The monoisotopic (exact) mass is 218 g/mol. The molecule has 0 atom stereocenters. The Balaban J connectivity index is 2.19. The average molecular weight is 218 g/mol. The van der Waals surface area contributed by atoms with Crippen LogP contribution in [0.1, 0.15) is 16.2 Å². The molecule has 0 saturated carbocycles. The van der Waals surface area contributed by atoms with E-state index in [1.165, 1.54) is 4.57 Å². The third kappa shape index (κ3) is 2.03. The highest BCUT2D eigenvalue weighted by Gasteiger charge is 2.10. The number of nitrogens with one attached hydrogen (secondary N) is 1. The van der Waals surface area contributed by atoms with E-state index in [-0.39, 0.29) is 12.3 Å². The molecule has 2 rings (SSSR count). The van der Waals surface area contributed by atoms with Gasteiger partial charge in [0.1, 0.15) is 5.69 Å². The predicted molar refractivity (Wildman–Crippen MR) is 56.3 cm³/mol. The van der Waals surface area contributed by atoms with E-state index in [4.69, 9.17) is 5.11 Å². The first kappa shape index (κ1) is 10.2. The number of aliphatic carboxylic acids is 1. The van der Waals surface area contributed by atoms with Crippen LogP contribution in [0.5, 0.6) is 0 Å². The molecule has 5 nitrogen and oxygen atoms in total. The van der Waals surface area contributed by atoms with Gasteiger partial charge in [-0.25, -0.2) is 0 Å². The fourth-order valence-electron chi connectivity index (χ4n) is 1.44. The summed E-state index contributed by atoms with van der Waals surface area (Å²) in [6.45, 7) is 0. The van der Waals surface area contributed by atoms with Gasteiger partial charge in [-0.2, -0.15) is 0 Å². The van der Waals surface area contributed by atoms with Crippen molar-refractivity contribution >= 4 is 11.9 Å². The molecule has 5 heteroatoms. The van der Waals surface area contributed by atoms with Gasteiger partial charge in [-0.05, 0) is 24.3 Å². The summed E-state index contributed by atoms with van der Waals surface area (Å²) in [5, 5.41) is 8.59. The first-order valence-electron chi connectivity index (χ1n) is 4.74. The van der Waals surface area contributed by atoms with Crippen molar-refractivity contribution < 1.29 is 14.7 Å². The second-order valence-electron chi connectivity index (χ2n) is 3.36. The minimum Gasteiger partial charge on any atom is -0.481 e. The molecule has 0 aliphatic heterocycles. The van der Waals surface area contributed by atoms with Crippen molar-refractivity contribution in [3.8, 4) is 0 Å². The third-order valence-corrected chi connectivity index (χ3v) is 2.16. The van der Waals surface area contributed by atoms with Crippen LogP contribution in [0.3, 0.4) is 0 Å². The molecule has 0 aliphatic carbocycles. The van der Waals surface area contributed by atoms with Crippen LogP contribution >= 0.6 is 0 Å². The third-order valence-electron chi connectivity index (χ3n) is 2.16. The molecule has 2 aromatic rings. The maximum atomic E-state index is 11.8. The summed E-state index contributed by atoms with van der Waals surface area (Å²) >= 11 is 0. The van der Waals surface area contributed by atoms with Crippen LogP contribution in [0.25, 0.3) is 0 Å². The fraction of sp³-hybridized carbons (Fsp3) is 0.0909. The Morgan fingerprint density at radius 2 is 1.94 bits per heavy atom. The average Bonchev–Trinajstić information content (AvgIpc) is 2.84. The lowest BCUT2D eigenvalue weighted by Gasteiger charge is -1.98. The molecule has 0 fully saturated rings. The van der Waals surface area contributed by atoms with Crippen LogP contribution in [-0.2, 0) is 11.2 Å². The number of carbonyl (C=O) groups is 2. The molecular weight excluding hydrogens is 208 g/mol. The molecule has 0 saturated heterocycles. The second kappa shape index (κ2) is 4.06. The number of carbonyl (C=O) groups excluding carboxylic acids is 1. The van der Waals surface area contributed by atoms with Crippen molar-refractivity contribution in [2.45, 2.75) is 6.42 Å². The Morgan fingerprint density at radius 3 is 2.56 bits per heavy atom. The lowest BCUT2D eigenvalue weighted by Crippen LogP contribution is -2.10. The van der Waals surface area contributed by atoms with Crippen LogP contribution in [-0.4, -0.2) is 26.5 Å². The van der Waals surface area contributed by atoms with Gasteiger partial charge in [-0.1, -0.05) is 0 Å². The van der Waals surface area contributed by atoms with Crippen molar-refractivity contribution in [1.29, 1.82) is 0 Å². The van der Waals surface area contributed by atoms with Crippen molar-refractivity contribution in [2.24, 2.45) is 0 Å². The Labute approximate surface area is 91.3 Å². The van der Waals surface area contributed by atoms with Gasteiger partial charge in [0, 0.05) is 18.1 Å². The number of aromatic nitrogens is 2. The van der Waals surface area contributed by atoms with E-state index < -0.39 is 5.97 Å². The summed E-state index contributed by atoms with van der Waals surface area (Å²) in [6, 6.07) is 6.68. The SMILES string of the molecule is O=C(O)Cc1ccc(C(=O)n2cccc2)[nH]1. The zero-order chi connectivity index (χ0) is 11.5. The normalized spacial score (nSPS) is 10.2. The van der Waals surface area contributed by atoms with Crippen molar-refractivity contribution in [3.05, 3.63) is 48.0 Å². The highest BCUT2D eigenvalue weighted by Crippen LogP contribution is 2.05. The van der Waals surface area contributed by atoms with Gasteiger partial charge in [0.2, 0.25) is 0 Å². The van der Waals surface area contributed by atoms with E-state index in [1.807, 2.05) is 0 Å². The van der Waals surface area contributed by atoms with Gasteiger partial charge in [-0.15, -0.1) is 0 Å². The molecule has 2 aromatic heterocycles. The van der Waals surface area contributed by atoms with Crippen LogP contribution in [0.4, 0.5) is 0 Å². The second-order valence-corrected chi connectivity index (χ2v) is 3.36. The predicted octanol–water partition coefficient (Wildman–Crippen LogP) is 1.13. The standard InChI is InChI=1S/C11H10N2O3/c14-10(15)7-8-3-4-9(12-8)11(16)13-5-1-2-6-13/h1-6,12H,7H2,(H,14,15). The van der Waals surface area contributed by atoms with Crippen molar-refractivity contribution in [3.63, 3.8) is 0 Å². The molecule has 0 radical (unpaired) electrons. The maximum Gasteiger partial charge on any atom is 0.309 e. The summed E-state index contributed by atoms with van der Waals surface area (Å²) in [5.74, 6) is -1.14. The summed E-state index contributed by atoms with van der Waals surface area (Å²) in [7, 11) is 0. The van der Waals surface area contributed by atoms with E-state index in [0.29, 0.717) is 11.4 Å². The lowest BCUT2D eigenvalue weighted by molar-refractivity contribution is -0.136. The van der Waals surface area contributed by atoms with Gasteiger partial charge < -0.3 is 10.1 Å². The molecule has 0 unspecified atom stereocenters. The molecule has 0 aliphatic rings. The number of carboxylic acid groups (broad SMARTS) is 1. The Hall–Kier alpha value is -2.30. The van der Waals surface area contributed by atoms with Crippen molar-refractivity contribution in [2.75, 3.05) is 0 Å². The zero-order valence-corrected chi connectivity index (χ0v) is 8.38. The van der Waals surface area contributed by atoms with Gasteiger partial charge in [0.15, 0.2) is 0 Å². The summed E-state index contributed by atoms with van der Waals surface area (Å²) in [4.78, 5) is 25.0. The molecular formula is C11H10N2O3. The summed E-state index contributed by atoms with van der Waals surface area (Å²) in [5.41, 5.74) is 0.899. The molecule has 0 bridgehead atoms. The van der Waals surface area contributed by atoms with Crippen LogP contribution in [0.15, 0.2) is 36.7 Å². The van der Waals surface area contributed by atoms with E-state index >= 15 is 0 Å². The lowest BCUT2D eigenvalue weighted by atomic mass is 10.3. The highest BCUT2D eigenvalue weighted by molar-refractivity contribution is 5.94. The molecule has 0 aromatic carbocycles. The number of carboxylic acids is 1. The number of hydrogen-bond donors (Lipinski definition) is 2. The number of aromatic amines is 1. The smallest absolute Gasteiger partial charge is 0.309 e. The zero-order valence-electron chi connectivity index (χ0n) is 8.38. The topological polar surface area (TPSA) is 75.1 Å². The molecule has 2 heterocycles. The fourth-order valence-corrected chi connectivity index (χ4v) is 1.44. The van der Waals surface area contributed by atoms with Gasteiger partial charge in [-0.3, -0.25) is 14.2 Å². The van der Waals surface area contributed by atoms with Gasteiger partial charge in [0.25, 0.3) is 5.91 Å². The number of H-pyrrole nitrogens is 1. The van der Waals surface area contributed by atoms with Crippen molar-refractivity contribution in [1.82, 2.24) is 9.55 Å². The van der Waals surface area contributed by atoms with Crippen LogP contribution < -0.4 is 0 Å². The Bertz CT molecular complexity index is 511. The van der Waals surface area contributed by atoms with Crippen LogP contribution in [0, 0.1) is 0 Å². The van der Waals surface area contributed by atoms with E-state index in [0.717, 1.165) is 0 Å². The number of rotatable bonds is 3. The summed E-state index contributed by atoms with van der Waals surface area (Å²) < 4.78 is 1.43. The molecule has 2 N–H and O–H groups in total. The van der Waals surface area contributed by atoms with Gasteiger partial charge >= 0.3 is 5.97 Å². The highest BCUT2D eigenvalue weighted by atomic mass is 16.4. The van der Waals surface area contributed by atoms with E-state index in [2.05, 4.69) is 4.98 Å². The Morgan fingerprint density at radius 1 is 1.25 bits per heavy atom. The minimum absolute atomic E-state index is 0.112. The maximum absolute atomic E-state index is 11.8. The number of nitrogens with zero attached hydrogens (tertiary/aromatic N) is 1. The van der Waals surface area contributed by atoms with Crippen LogP contribution in [0.2, 0.25) is 0 Å². The van der Waals surface area contributed by atoms with E-state index in [9.17, 15) is 9.59 Å². The van der Waals surface area contributed by atoms with E-state index in [1.54, 1.807) is 36.7 Å². The van der Waals surface area contributed by atoms with Gasteiger partial charge in [0.05, 0.1) is 6.42 Å². The quantitative estimate of drug-likeness (QED) is 0.810. The minimum atomic E-state index is -0.929. The number of hydrogen-bond acceptors (Lipinski definition) is 2. The molecule has 82 valence electrons. The first-order chi connectivity index (χ1) is 7.66. The first-order valence-corrected chi connectivity index (χ1v) is 4.74. The summed E-state index contributed by atoms with van der Waals surface area (Å²) in [6.07, 6.45) is 3.17. The Kier molecular flexibility index (Phi) is 2.59. The molecule has 0 amide bonds.